The van der Waals surface area contributed by atoms with Gasteiger partial charge in [0, 0.05) is 29.7 Å². The van der Waals surface area contributed by atoms with Gasteiger partial charge in [0.25, 0.3) is 0 Å². The van der Waals surface area contributed by atoms with E-state index in [9.17, 15) is 0 Å². The molecule has 1 saturated heterocycles. The standard InChI is InChI=1S/C20H19ClN6/c21-17-9-18-16(8-19(17)24-14-6-7-22-11-14)20(26-25-18)13-10-23-27(12-13)15-4-2-1-3-5-15/h1-5,8-10,12,14,22,24H,6-7,11H2,(H,25,26)/t14-/m1/s1. The minimum atomic E-state index is 0.399. The Kier molecular flexibility index (Phi) is 4.07. The number of nitrogens with one attached hydrogen (secondary N) is 3. The number of hydrogen-bond donors (Lipinski definition) is 3. The third kappa shape index (κ3) is 3.07. The zero-order chi connectivity index (χ0) is 18.2. The summed E-state index contributed by atoms with van der Waals surface area (Å²) >= 11 is 6.47. The maximum atomic E-state index is 6.47. The van der Waals surface area contributed by atoms with Crippen LogP contribution in [-0.2, 0) is 0 Å². The van der Waals surface area contributed by atoms with Gasteiger partial charge >= 0.3 is 0 Å². The SMILES string of the molecule is Clc1cc2[nH]nc(-c3cnn(-c4ccccc4)c3)c2cc1N[C@@H]1CCNC1. The Bertz CT molecular complexity index is 1080. The minimum absolute atomic E-state index is 0.399. The molecule has 0 unspecified atom stereocenters. The van der Waals surface area contributed by atoms with Gasteiger partial charge < -0.3 is 10.6 Å². The van der Waals surface area contributed by atoms with Gasteiger partial charge in [0.2, 0.25) is 0 Å². The van der Waals surface area contributed by atoms with Crippen molar-refractivity contribution in [1.82, 2.24) is 25.3 Å². The minimum Gasteiger partial charge on any atom is -0.380 e. The molecule has 0 bridgehead atoms. The molecule has 0 aliphatic carbocycles. The number of aromatic nitrogens is 4. The molecule has 27 heavy (non-hydrogen) atoms. The number of H-pyrrole nitrogens is 1. The van der Waals surface area contributed by atoms with Crippen LogP contribution in [0.5, 0.6) is 0 Å². The summed E-state index contributed by atoms with van der Waals surface area (Å²) in [7, 11) is 0. The van der Waals surface area contributed by atoms with Gasteiger partial charge in [-0.15, -0.1) is 0 Å². The number of fused-ring (bicyclic) bond motifs is 1. The highest BCUT2D eigenvalue weighted by Crippen LogP contribution is 2.33. The monoisotopic (exact) mass is 378 g/mol. The third-order valence-corrected chi connectivity index (χ3v) is 5.26. The largest absolute Gasteiger partial charge is 0.380 e. The molecule has 1 aliphatic rings. The second-order valence-electron chi connectivity index (χ2n) is 6.79. The second kappa shape index (κ2) is 6.72. The Morgan fingerprint density at radius 3 is 2.89 bits per heavy atom. The predicted molar refractivity (Wildman–Crippen MR) is 109 cm³/mol. The summed E-state index contributed by atoms with van der Waals surface area (Å²) < 4.78 is 1.86. The van der Waals surface area contributed by atoms with Gasteiger partial charge in [-0.05, 0) is 37.2 Å². The van der Waals surface area contributed by atoms with E-state index in [1.54, 1.807) is 0 Å². The topological polar surface area (TPSA) is 70.6 Å². The van der Waals surface area contributed by atoms with Crippen molar-refractivity contribution in [3.63, 3.8) is 0 Å². The maximum absolute atomic E-state index is 6.47. The van der Waals surface area contributed by atoms with E-state index in [-0.39, 0.29) is 0 Å². The van der Waals surface area contributed by atoms with Crippen molar-refractivity contribution < 1.29 is 0 Å². The van der Waals surface area contributed by atoms with Crippen LogP contribution in [0.4, 0.5) is 5.69 Å². The summed E-state index contributed by atoms with van der Waals surface area (Å²) in [5.41, 5.74) is 4.70. The van der Waals surface area contributed by atoms with Crippen LogP contribution >= 0.6 is 11.6 Å². The smallest absolute Gasteiger partial charge is 0.103 e. The molecular formula is C20H19ClN6. The van der Waals surface area contributed by atoms with Crippen LogP contribution in [0.3, 0.4) is 0 Å². The molecule has 3 heterocycles. The lowest BCUT2D eigenvalue weighted by molar-refractivity contribution is 0.794. The fourth-order valence-electron chi connectivity index (χ4n) is 3.53. The molecule has 1 fully saturated rings. The van der Waals surface area contributed by atoms with E-state index in [4.69, 9.17) is 11.6 Å². The molecule has 1 atom stereocenters. The first kappa shape index (κ1) is 16.4. The van der Waals surface area contributed by atoms with E-state index in [1.807, 2.05) is 53.5 Å². The van der Waals surface area contributed by atoms with E-state index >= 15 is 0 Å². The number of anilines is 1. The number of benzene rings is 2. The fraction of sp³-hybridized carbons (Fsp3) is 0.200. The van der Waals surface area contributed by atoms with Crippen LogP contribution in [0, 0.1) is 0 Å². The van der Waals surface area contributed by atoms with Gasteiger partial charge in [-0.2, -0.15) is 10.2 Å². The van der Waals surface area contributed by atoms with Crippen molar-refractivity contribution in [1.29, 1.82) is 0 Å². The molecule has 0 amide bonds. The summed E-state index contributed by atoms with van der Waals surface area (Å²) in [4.78, 5) is 0. The van der Waals surface area contributed by atoms with Crippen LogP contribution in [0.1, 0.15) is 6.42 Å². The molecule has 136 valence electrons. The molecule has 0 radical (unpaired) electrons. The molecule has 3 N–H and O–H groups in total. The van der Waals surface area contributed by atoms with Crippen molar-refractivity contribution in [2.24, 2.45) is 0 Å². The number of nitrogens with zero attached hydrogens (tertiary/aromatic N) is 3. The van der Waals surface area contributed by atoms with Gasteiger partial charge in [0.1, 0.15) is 5.69 Å². The first-order valence-electron chi connectivity index (χ1n) is 9.03. The van der Waals surface area contributed by atoms with Gasteiger partial charge in [-0.25, -0.2) is 4.68 Å². The number of rotatable bonds is 4. The average molecular weight is 379 g/mol. The van der Waals surface area contributed by atoms with E-state index in [1.165, 1.54) is 0 Å². The first-order chi connectivity index (χ1) is 13.3. The zero-order valence-corrected chi connectivity index (χ0v) is 15.4. The van der Waals surface area contributed by atoms with Crippen LogP contribution in [0.2, 0.25) is 5.02 Å². The van der Waals surface area contributed by atoms with Gasteiger partial charge in [-0.3, -0.25) is 5.10 Å². The lowest BCUT2D eigenvalue weighted by Crippen LogP contribution is -2.22. The van der Waals surface area contributed by atoms with E-state index in [0.29, 0.717) is 11.1 Å². The lowest BCUT2D eigenvalue weighted by Gasteiger charge is -2.14. The normalized spacial score (nSPS) is 16.9. The Labute approximate surface area is 161 Å². The summed E-state index contributed by atoms with van der Waals surface area (Å²) in [6, 6.07) is 14.4. The zero-order valence-electron chi connectivity index (χ0n) is 14.6. The van der Waals surface area contributed by atoms with E-state index < -0.39 is 0 Å². The molecule has 2 aromatic heterocycles. The summed E-state index contributed by atoms with van der Waals surface area (Å²) in [6.45, 7) is 1.99. The second-order valence-corrected chi connectivity index (χ2v) is 7.20. The maximum Gasteiger partial charge on any atom is 0.103 e. The average Bonchev–Trinajstić information content (AvgIpc) is 3.43. The van der Waals surface area contributed by atoms with Crippen molar-refractivity contribution >= 4 is 28.2 Å². The molecule has 7 heteroatoms. The number of halogens is 1. The van der Waals surface area contributed by atoms with Gasteiger partial charge in [0.15, 0.2) is 0 Å². The third-order valence-electron chi connectivity index (χ3n) is 4.95. The fourth-order valence-corrected chi connectivity index (χ4v) is 3.75. The number of para-hydroxylation sites is 1. The van der Waals surface area contributed by atoms with Crippen LogP contribution in [0.15, 0.2) is 54.9 Å². The van der Waals surface area contributed by atoms with Crippen molar-refractivity contribution in [2.45, 2.75) is 12.5 Å². The Hall–Kier alpha value is -2.83. The molecule has 2 aromatic carbocycles. The highest BCUT2D eigenvalue weighted by atomic mass is 35.5. The van der Waals surface area contributed by atoms with Crippen LogP contribution in [0.25, 0.3) is 27.8 Å². The predicted octanol–water partition coefficient (Wildman–Crippen LogP) is 3.84. The van der Waals surface area contributed by atoms with E-state index in [2.05, 4.69) is 32.0 Å². The summed E-state index contributed by atoms with van der Waals surface area (Å²) in [5.74, 6) is 0. The summed E-state index contributed by atoms with van der Waals surface area (Å²) in [6.07, 6.45) is 4.93. The molecule has 5 rings (SSSR count). The van der Waals surface area contributed by atoms with Gasteiger partial charge in [-0.1, -0.05) is 29.8 Å². The molecule has 0 saturated carbocycles. The van der Waals surface area contributed by atoms with Crippen LogP contribution in [-0.4, -0.2) is 39.1 Å². The van der Waals surface area contributed by atoms with Crippen molar-refractivity contribution in [2.75, 3.05) is 18.4 Å². The molecular weight excluding hydrogens is 360 g/mol. The summed E-state index contributed by atoms with van der Waals surface area (Å²) in [5, 5.41) is 20.7. The van der Waals surface area contributed by atoms with Crippen molar-refractivity contribution in [3.05, 3.63) is 59.9 Å². The van der Waals surface area contributed by atoms with Crippen molar-refractivity contribution in [3.8, 4) is 16.9 Å². The quantitative estimate of drug-likeness (QED) is 0.504. The highest BCUT2D eigenvalue weighted by molar-refractivity contribution is 6.34. The first-order valence-corrected chi connectivity index (χ1v) is 9.41. The van der Waals surface area contributed by atoms with Gasteiger partial charge in [0.05, 0.1) is 28.1 Å². The lowest BCUT2D eigenvalue weighted by atomic mass is 10.1. The van der Waals surface area contributed by atoms with E-state index in [0.717, 1.165) is 53.0 Å². The Balaban J connectivity index is 1.53. The molecule has 4 aromatic rings. The molecule has 6 nitrogen and oxygen atoms in total. The number of hydrogen-bond acceptors (Lipinski definition) is 4. The highest BCUT2D eigenvalue weighted by Gasteiger charge is 2.18. The Morgan fingerprint density at radius 2 is 2.07 bits per heavy atom. The molecule has 1 aliphatic heterocycles. The Morgan fingerprint density at radius 1 is 1.19 bits per heavy atom. The number of aromatic amines is 1. The molecule has 0 spiro atoms. The van der Waals surface area contributed by atoms with Crippen LogP contribution < -0.4 is 10.6 Å².